The Balaban J connectivity index is 2.26. The van der Waals surface area contributed by atoms with Gasteiger partial charge in [-0.15, -0.1) is 0 Å². The summed E-state index contributed by atoms with van der Waals surface area (Å²) in [6.07, 6.45) is 7.41. The van der Waals surface area contributed by atoms with Crippen LogP contribution < -0.4 is 5.32 Å². The highest BCUT2D eigenvalue weighted by Crippen LogP contribution is 2.15. The topological polar surface area (TPSA) is 42.7 Å². The third-order valence-electron chi connectivity index (χ3n) is 2.79. The van der Waals surface area contributed by atoms with Gasteiger partial charge in [0.2, 0.25) is 0 Å². The molecule has 96 valence electrons. The zero-order valence-electron chi connectivity index (χ0n) is 11.4. The van der Waals surface area contributed by atoms with E-state index < -0.39 is 0 Å². The zero-order valence-corrected chi connectivity index (χ0v) is 11.4. The van der Waals surface area contributed by atoms with Crippen LogP contribution in [0.1, 0.15) is 32.0 Å². The van der Waals surface area contributed by atoms with Gasteiger partial charge in [-0.05, 0) is 39.3 Å². The molecule has 0 aliphatic rings. The third kappa shape index (κ3) is 2.96. The van der Waals surface area contributed by atoms with E-state index in [4.69, 9.17) is 0 Å². The lowest BCUT2D eigenvalue weighted by Gasteiger charge is -2.21. The molecular formula is C14H20N4. The highest BCUT2D eigenvalue weighted by atomic mass is 15.1. The predicted octanol–water partition coefficient (Wildman–Crippen LogP) is 2.46. The molecule has 0 saturated carbocycles. The van der Waals surface area contributed by atoms with Crippen molar-refractivity contribution in [1.29, 1.82) is 0 Å². The van der Waals surface area contributed by atoms with E-state index in [1.54, 1.807) is 0 Å². The molecular weight excluding hydrogens is 224 g/mol. The minimum Gasteiger partial charge on any atom is -0.306 e. The van der Waals surface area contributed by atoms with E-state index in [2.05, 4.69) is 47.5 Å². The summed E-state index contributed by atoms with van der Waals surface area (Å²) < 4.78 is 2.08. The lowest BCUT2D eigenvalue weighted by atomic mass is 10.1. The molecule has 2 aromatic rings. The van der Waals surface area contributed by atoms with Gasteiger partial charge < -0.3 is 9.88 Å². The molecule has 4 nitrogen and oxygen atoms in total. The standard InChI is InChI=1S/C14H20N4/c1-11-5-6-15-9-13(11)18-10-16-7-12(18)8-17-14(2,3)4/h5-7,9-10,17H,8H2,1-4H3. The monoisotopic (exact) mass is 244 g/mol. The molecule has 0 aliphatic heterocycles. The number of nitrogens with one attached hydrogen (secondary N) is 1. The first-order chi connectivity index (χ1) is 8.47. The summed E-state index contributed by atoms with van der Waals surface area (Å²) in [5.41, 5.74) is 3.51. The van der Waals surface area contributed by atoms with Gasteiger partial charge in [-0.1, -0.05) is 0 Å². The van der Waals surface area contributed by atoms with Crippen LogP contribution in [0.15, 0.2) is 31.0 Å². The Morgan fingerprint density at radius 2 is 2.00 bits per heavy atom. The van der Waals surface area contributed by atoms with Crippen molar-refractivity contribution < 1.29 is 0 Å². The fraction of sp³-hybridized carbons (Fsp3) is 0.429. The molecule has 0 spiro atoms. The van der Waals surface area contributed by atoms with E-state index in [-0.39, 0.29) is 5.54 Å². The van der Waals surface area contributed by atoms with Gasteiger partial charge in [-0.2, -0.15) is 0 Å². The van der Waals surface area contributed by atoms with Crippen molar-refractivity contribution in [3.05, 3.63) is 42.2 Å². The molecule has 0 atom stereocenters. The van der Waals surface area contributed by atoms with Crippen molar-refractivity contribution in [2.24, 2.45) is 0 Å². The van der Waals surface area contributed by atoms with Crippen LogP contribution in [0.3, 0.4) is 0 Å². The van der Waals surface area contributed by atoms with E-state index >= 15 is 0 Å². The molecule has 0 amide bonds. The van der Waals surface area contributed by atoms with Gasteiger partial charge in [-0.25, -0.2) is 4.98 Å². The molecule has 0 bridgehead atoms. The molecule has 2 aromatic heterocycles. The van der Waals surface area contributed by atoms with Crippen molar-refractivity contribution in [1.82, 2.24) is 19.9 Å². The van der Waals surface area contributed by atoms with Crippen molar-refractivity contribution in [2.45, 2.75) is 39.8 Å². The Kier molecular flexibility index (Phi) is 3.48. The fourth-order valence-electron chi connectivity index (χ4n) is 1.73. The molecule has 4 heteroatoms. The molecule has 0 saturated heterocycles. The molecule has 18 heavy (non-hydrogen) atoms. The Morgan fingerprint density at radius 1 is 1.22 bits per heavy atom. The maximum absolute atomic E-state index is 4.24. The van der Waals surface area contributed by atoms with Gasteiger partial charge in [0, 0.05) is 24.5 Å². The Bertz CT molecular complexity index is 523. The van der Waals surface area contributed by atoms with E-state index in [1.807, 2.05) is 31.0 Å². The summed E-state index contributed by atoms with van der Waals surface area (Å²) in [6, 6.07) is 2.01. The maximum atomic E-state index is 4.24. The number of hydrogen-bond donors (Lipinski definition) is 1. The molecule has 0 unspecified atom stereocenters. The van der Waals surface area contributed by atoms with E-state index in [9.17, 15) is 0 Å². The summed E-state index contributed by atoms with van der Waals surface area (Å²) in [7, 11) is 0. The Morgan fingerprint density at radius 3 is 2.67 bits per heavy atom. The van der Waals surface area contributed by atoms with Gasteiger partial charge in [0.05, 0.1) is 23.9 Å². The van der Waals surface area contributed by atoms with Crippen LogP contribution in [-0.2, 0) is 6.54 Å². The van der Waals surface area contributed by atoms with Gasteiger partial charge >= 0.3 is 0 Å². The number of nitrogens with zero attached hydrogens (tertiary/aromatic N) is 3. The average Bonchev–Trinajstić information content (AvgIpc) is 2.74. The highest BCUT2D eigenvalue weighted by molar-refractivity contribution is 5.38. The number of pyridine rings is 1. The molecule has 0 aromatic carbocycles. The van der Waals surface area contributed by atoms with E-state index in [0.717, 1.165) is 17.9 Å². The lowest BCUT2D eigenvalue weighted by Crippen LogP contribution is -2.35. The summed E-state index contributed by atoms with van der Waals surface area (Å²) in [6.45, 7) is 9.34. The summed E-state index contributed by atoms with van der Waals surface area (Å²) in [5.74, 6) is 0. The van der Waals surface area contributed by atoms with Crippen LogP contribution >= 0.6 is 0 Å². The number of imidazole rings is 1. The number of rotatable bonds is 3. The zero-order chi connectivity index (χ0) is 13.2. The van der Waals surface area contributed by atoms with Crippen LogP contribution in [-0.4, -0.2) is 20.1 Å². The van der Waals surface area contributed by atoms with Gasteiger partial charge in [0.15, 0.2) is 0 Å². The largest absolute Gasteiger partial charge is 0.306 e. The SMILES string of the molecule is Cc1ccncc1-n1cncc1CNC(C)(C)C. The summed E-state index contributed by atoms with van der Waals surface area (Å²) in [4.78, 5) is 8.42. The predicted molar refractivity (Wildman–Crippen MR) is 72.7 cm³/mol. The lowest BCUT2D eigenvalue weighted by molar-refractivity contribution is 0.419. The van der Waals surface area contributed by atoms with Crippen LogP contribution in [0.5, 0.6) is 0 Å². The first-order valence-corrected chi connectivity index (χ1v) is 6.14. The molecule has 0 aliphatic carbocycles. The molecule has 1 N–H and O–H groups in total. The second kappa shape index (κ2) is 4.90. The first kappa shape index (κ1) is 12.8. The summed E-state index contributed by atoms with van der Waals surface area (Å²) >= 11 is 0. The smallest absolute Gasteiger partial charge is 0.0995 e. The second-order valence-corrected chi connectivity index (χ2v) is 5.52. The highest BCUT2D eigenvalue weighted by Gasteiger charge is 2.12. The summed E-state index contributed by atoms with van der Waals surface area (Å²) in [5, 5.41) is 3.47. The molecule has 2 heterocycles. The van der Waals surface area contributed by atoms with Crippen LogP contribution in [0.25, 0.3) is 5.69 Å². The molecule has 0 fully saturated rings. The Labute approximate surface area is 108 Å². The first-order valence-electron chi connectivity index (χ1n) is 6.14. The number of aromatic nitrogens is 3. The third-order valence-corrected chi connectivity index (χ3v) is 2.79. The van der Waals surface area contributed by atoms with Crippen LogP contribution in [0.4, 0.5) is 0 Å². The second-order valence-electron chi connectivity index (χ2n) is 5.52. The maximum Gasteiger partial charge on any atom is 0.0995 e. The van der Waals surface area contributed by atoms with Crippen molar-refractivity contribution in [3.8, 4) is 5.69 Å². The minimum absolute atomic E-state index is 0.0963. The van der Waals surface area contributed by atoms with Crippen LogP contribution in [0, 0.1) is 6.92 Å². The van der Waals surface area contributed by atoms with E-state index in [1.165, 1.54) is 5.56 Å². The fourth-order valence-corrected chi connectivity index (χ4v) is 1.73. The Hall–Kier alpha value is -1.68. The molecule has 2 rings (SSSR count). The van der Waals surface area contributed by atoms with Crippen molar-refractivity contribution >= 4 is 0 Å². The number of aryl methyl sites for hydroxylation is 1. The van der Waals surface area contributed by atoms with Gasteiger partial charge in [0.1, 0.15) is 0 Å². The molecule has 0 radical (unpaired) electrons. The number of hydrogen-bond acceptors (Lipinski definition) is 3. The van der Waals surface area contributed by atoms with E-state index in [0.29, 0.717) is 0 Å². The minimum atomic E-state index is 0.0963. The quantitative estimate of drug-likeness (QED) is 0.902. The normalized spacial score (nSPS) is 11.8. The van der Waals surface area contributed by atoms with Gasteiger partial charge in [-0.3, -0.25) is 4.98 Å². The van der Waals surface area contributed by atoms with Crippen molar-refractivity contribution in [3.63, 3.8) is 0 Å². The van der Waals surface area contributed by atoms with Gasteiger partial charge in [0.25, 0.3) is 0 Å². The van der Waals surface area contributed by atoms with Crippen molar-refractivity contribution in [2.75, 3.05) is 0 Å². The average molecular weight is 244 g/mol. The van der Waals surface area contributed by atoms with Crippen LogP contribution in [0.2, 0.25) is 0 Å².